The molecule has 2 aromatic rings. The molecule has 1 aliphatic rings. The van der Waals surface area contributed by atoms with Gasteiger partial charge in [0, 0.05) is 19.2 Å². The molecule has 0 aromatic heterocycles. The van der Waals surface area contributed by atoms with Crippen molar-refractivity contribution < 1.29 is 38.8 Å². The van der Waals surface area contributed by atoms with E-state index in [0.717, 1.165) is 18.5 Å². The first-order chi connectivity index (χ1) is 16.1. The number of carbonyl (C=O) groups is 3. The summed E-state index contributed by atoms with van der Waals surface area (Å²) in [6.07, 6.45) is 0.773. The molecule has 0 bridgehead atoms. The lowest BCUT2D eigenvalue weighted by atomic mass is 10.1. The lowest BCUT2D eigenvalue weighted by molar-refractivity contribution is -0.159. The Bertz CT molecular complexity index is 974. The molecule has 10 heteroatoms. The van der Waals surface area contributed by atoms with E-state index in [9.17, 15) is 4.79 Å². The molecule has 1 atom stereocenters. The van der Waals surface area contributed by atoms with Gasteiger partial charge in [-0.3, -0.25) is 4.79 Å². The zero-order chi connectivity index (χ0) is 25.3. The summed E-state index contributed by atoms with van der Waals surface area (Å²) in [4.78, 5) is 35.4. The molecule has 184 valence electrons. The number of carboxylic acids is 2. The highest BCUT2D eigenvalue weighted by Gasteiger charge is 2.29. The highest BCUT2D eigenvalue weighted by atomic mass is 16.5. The summed E-state index contributed by atoms with van der Waals surface area (Å²) in [5.41, 5.74) is 1.56. The molecule has 2 aromatic carbocycles. The van der Waals surface area contributed by atoms with Crippen molar-refractivity contribution in [1.29, 1.82) is 0 Å². The van der Waals surface area contributed by atoms with Gasteiger partial charge in [0.1, 0.15) is 23.4 Å². The number of methoxy groups -OCH3 is 2. The van der Waals surface area contributed by atoms with E-state index in [-0.39, 0.29) is 12.0 Å². The number of para-hydroxylation sites is 1. The van der Waals surface area contributed by atoms with E-state index in [0.29, 0.717) is 35.9 Å². The molecule has 10 nitrogen and oxygen atoms in total. The van der Waals surface area contributed by atoms with Gasteiger partial charge >= 0.3 is 11.9 Å². The van der Waals surface area contributed by atoms with Crippen LogP contribution < -0.4 is 14.2 Å². The van der Waals surface area contributed by atoms with Gasteiger partial charge in [-0.1, -0.05) is 12.1 Å². The molecular weight excluding hydrogens is 444 g/mol. The van der Waals surface area contributed by atoms with E-state index in [1.165, 1.54) is 0 Å². The van der Waals surface area contributed by atoms with Crippen LogP contribution in [0.25, 0.3) is 0 Å². The van der Waals surface area contributed by atoms with E-state index in [2.05, 4.69) is 4.90 Å². The van der Waals surface area contributed by atoms with Gasteiger partial charge in [-0.15, -0.1) is 0 Å². The van der Waals surface area contributed by atoms with Gasteiger partial charge < -0.3 is 34.2 Å². The van der Waals surface area contributed by atoms with Crippen molar-refractivity contribution in [2.45, 2.75) is 19.1 Å². The van der Waals surface area contributed by atoms with Crippen LogP contribution in [0.1, 0.15) is 22.3 Å². The Kier molecular flexibility index (Phi) is 9.69. The Balaban J connectivity index is 0.000000604. The fraction of sp³-hybridized carbons (Fsp3) is 0.375. The molecule has 0 saturated carbocycles. The monoisotopic (exact) mass is 474 g/mol. The molecule has 1 unspecified atom stereocenters. The van der Waals surface area contributed by atoms with Crippen LogP contribution in [0.5, 0.6) is 17.2 Å². The molecule has 3 rings (SSSR count). The zero-order valence-electron chi connectivity index (χ0n) is 19.7. The second kappa shape index (κ2) is 12.4. The standard InChI is InChI=1S/C22H28N2O4.C2H2O4/c1-23(2)10-9-17-15-24(22(25)20-7-5-6-8-21(20)28-17)14-16-11-18(26-3)13-19(12-16)27-4;3-1(4)2(5)6/h5-8,11-13,17H,9-10,14-15H2,1-4H3;(H,3,4)(H,5,6). The predicted octanol–water partition coefficient (Wildman–Crippen LogP) is 2.21. The van der Waals surface area contributed by atoms with Gasteiger partial charge in [-0.2, -0.15) is 0 Å². The lowest BCUT2D eigenvalue weighted by Crippen LogP contribution is -2.37. The number of ether oxygens (including phenoxy) is 3. The molecule has 0 radical (unpaired) electrons. The average Bonchev–Trinajstić information content (AvgIpc) is 2.94. The average molecular weight is 475 g/mol. The fourth-order valence-corrected chi connectivity index (χ4v) is 3.33. The van der Waals surface area contributed by atoms with Crippen LogP contribution in [-0.4, -0.2) is 85.4 Å². The van der Waals surface area contributed by atoms with Gasteiger partial charge in [-0.25, -0.2) is 9.59 Å². The summed E-state index contributed by atoms with van der Waals surface area (Å²) in [5, 5.41) is 14.8. The molecule has 1 aliphatic heterocycles. The van der Waals surface area contributed by atoms with Crippen molar-refractivity contribution in [1.82, 2.24) is 9.80 Å². The van der Waals surface area contributed by atoms with Gasteiger partial charge in [-0.05, 0) is 50.3 Å². The van der Waals surface area contributed by atoms with E-state index in [1.54, 1.807) is 14.2 Å². The quantitative estimate of drug-likeness (QED) is 0.581. The largest absolute Gasteiger partial charge is 0.497 e. The minimum absolute atomic E-state index is 0.0234. The number of nitrogens with zero attached hydrogens (tertiary/aromatic N) is 2. The molecule has 1 heterocycles. The Morgan fingerprint density at radius 2 is 1.65 bits per heavy atom. The molecule has 0 aliphatic carbocycles. The van der Waals surface area contributed by atoms with Crippen LogP contribution in [0.4, 0.5) is 0 Å². The molecule has 0 fully saturated rings. The SMILES string of the molecule is COc1cc(CN2CC(CCN(C)C)Oc3ccccc3C2=O)cc(OC)c1.O=C(O)C(=O)O. The Morgan fingerprint density at radius 1 is 1.06 bits per heavy atom. The van der Waals surface area contributed by atoms with Gasteiger partial charge in [0.15, 0.2) is 0 Å². The van der Waals surface area contributed by atoms with E-state index in [4.69, 9.17) is 34.0 Å². The molecule has 1 amide bonds. The smallest absolute Gasteiger partial charge is 0.414 e. The summed E-state index contributed by atoms with van der Waals surface area (Å²) < 4.78 is 16.9. The maximum atomic E-state index is 13.2. The number of fused-ring (bicyclic) bond motifs is 1. The second-order valence-corrected chi connectivity index (χ2v) is 7.84. The summed E-state index contributed by atoms with van der Waals surface area (Å²) >= 11 is 0. The van der Waals surface area contributed by atoms with Gasteiger partial charge in [0.2, 0.25) is 0 Å². The first-order valence-corrected chi connectivity index (χ1v) is 10.5. The minimum atomic E-state index is -1.82. The van der Waals surface area contributed by atoms with Crippen LogP contribution in [0.3, 0.4) is 0 Å². The minimum Gasteiger partial charge on any atom is -0.497 e. The van der Waals surface area contributed by atoms with Crippen LogP contribution in [-0.2, 0) is 16.1 Å². The molecule has 0 saturated heterocycles. The van der Waals surface area contributed by atoms with Crippen LogP contribution >= 0.6 is 0 Å². The fourth-order valence-electron chi connectivity index (χ4n) is 3.33. The Labute approximate surface area is 198 Å². The first kappa shape index (κ1) is 26.5. The van der Waals surface area contributed by atoms with Crippen LogP contribution in [0, 0.1) is 0 Å². The van der Waals surface area contributed by atoms with E-state index < -0.39 is 11.9 Å². The highest BCUT2D eigenvalue weighted by molar-refractivity contribution is 6.27. The van der Waals surface area contributed by atoms with Crippen molar-refractivity contribution in [3.8, 4) is 17.2 Å². The van der Waals surface area contributed by atoms with Crippen molar-refractivity contribution in [3.05, 3.63) is 53.6 Å². The number of hydrogen-bond donors (Lipinski definition) is 2. The Morgan fingerprint density at radius 3 is 2.18 bits per heavy atom. The number of carbonyl (C=O) groups excluding carboxylic acids is 1. The number of aliphatic carboxylic acids is 2. The van der Waals surface area contributed by atoms with Gasteiger partial charge in [0.05, 0.1) is 26.3 Å². The number of benzene rings is 2. The Hall–Kier alpha value is -3.79. The summed E-state index contributed by atoms with van der Waals surface area (Å²) in [5.74, 6) is -1.61. The highest BCUT2D eigenvalue weighted by Crippen LogP contribution is 2.28. The van der Waals surface area contributed by atoms with Gasteiger partial charge in [0.25, 0.3) is 5.91 Å². The van der Waals surface area contributed by atoms with Crippen molar-refractivity contribution in [2.75, 3.05) is 41.4 Å². The number of carboxylic acid groups (broad SMARTS) is 2. The summed E-state index contributed by atoms with van der Waals surface area (Å²) in [7, 11) is 7.32. The first-order valence-electron chi connectivity index (χ1n) is 10.5. The molecular formula is C24H30N2O8. The molecule has 34 heavy (non-hydrogen) atoms. The third kappa shape index (κ3) is 7.66. The van der Waals surface area contributed by atoms with Crippen molar-refractivity contribution in [2.24, 2.45) is 0 Å². The summed E-state index contributed by atoms with van der Waals surface area (Å²) in [6.45, 7) is 1.88. The number of hydrogen-bond acceptors (Lipinski definition) is 7. The second-order valence-electron chi connectivity index (χ2n) is 7.84. The number of rotatable bonds is 7. The van der Waals surface area contributed by atoms with E-state index in [1.807, 2.05) is 61.5 Å². The zero-order valence-corrected chi connectivity index (χ0v) is 19.7. The van der Waals surface area contributed by atoms with E-state index >= 15 is 0 Å². The number of amides is 1. The maximum Gasteiger partial charge on any atom is 0.414 e. The predicted molar refractivity (Wildman–Crippen MR) is 124 cm³/mol. The van der Waals surface area contributed by atoms with Crippen LogP contribution in [0.15, 0.2) is 42.5 Å². The molecule has 2 N–H and O–H groups in total. The van der Waals surface area contributed by atoms with Crippen molar-refractivity contribution in [3.63, 3.8) is 0 Å². The van der Waals surface area contributed by atoms with Crippen molar-refractivity contribution >= 4 is 17.8 Å². The van der Waals surface area contributed by atoms with Crippen LogP contribution in [0.2, 0.25) is 0 Å². The third-order valence-electron chi connectivity index (χ3n) is 4.99. The third-order valence-corrected chi connectivity index (χ3v) is 4.99. The summed E-state index contributed by atoms with van der Waals surface area (Å²) in [6, 6.07) is 13.2. The lowest BCUT2D eigenvalue weighted by Gasteiger charge is -2.25. The topological polar surface area (TPSA) is 126 Å². The maximum absolute atomic E-state index is 13.2. The normalized spacial score (nSPS) is 14.8. The molecule has 0 spiro atoms.